The summed E-state index contributed by atoms with van der Waals surface area (Å²) in [5.74, 6) is 0.425. The van der Waals surface area contributed by atoms with Crippen molar-refractivity contribution in [3.8, 4) is 0 Å². The van der Waals surface area contributed by atoms with Crippen LogP contribution in [0.5, 0.6) is 0 Å². The van der Waals surface area contributed by atoms with Crippen molar-refractivity contribution in [3.05, 3.63) is 35.4 Å². The summed E-state index contributed by atoms with van der Waals surface area (Å²) in [5, 5.41) is 10.7. The fourth-order valence-electron chi connectivity index (χ4n) is 3.36. The fraction of sp³-hybridized carbons (Fsp3) is 0.571. The normalized spacial score (nSPS) is 34.3. The molecule has 0 bridgehead atoms. The molecule has 0 aromatic heterocycles. The summed E-state index contributed by atoms with van der Waals surface area (Å²) in [6.07, 6.45) is 7.23. The SMILES string of the molecule is O[C@]12CCCCCC[C@H]1c1ccccc12. The summed E-state index contributed by atoms with van der Waals surface area (Å²) in [6, 6.07) is 8.44. The van der Waals surface area contributed by atoms with E-state index in [9.17, 15) is 5.11 Å². The van der Waals surface area contributed by atoms with Crippen LogP contribution in [0.1, 0.15) is 55.6 Å². The maximum atomic E-state index is 10.7. The van der Waals surface area contributed by atoms with E-state index in [1.807, 2.05) is 6.07 Å². The van der Waals surface area contributed by atoms with Gasteiger partial charge in [0.1, 0.15) is 0 Å². The minimum atomic E-state index is -0.475. The number of aliphatic hydroxyl groups is 1. The minimum Gasteiger partial charge on any atom is -0.385 e. The van der Waals surface area contributed by atoms with Gasteiger partial charge in [-0.25, -0.2) is 0 Å². The molecule has 1 aromatic rings. The molecule has 0 amide bonds. The number of hydrogen-bond acceptors (Lipinski definition) is 1. The van der Waals surface area contributed by atoms with Crippen LogP contribution in [0, 0.1) is 0 Å². The van der Waals surface area contributed by atoms with Gasteiger partial charge in [-0.1, -0.05) is 49.9 Å². The Morgan fingerprint density at radius 3 is 2.80 bits per heavy atom. The van der Waals surface area contributed by atoms with Crippen LogP contribution >= 0.6 is 0 Å². The Labute approximate surface area is 91.1 Å². The monoisotopic (exact) mass is 202 g/mol. The molecule has 1 saturated carbocycles. The molecule has 1 fully saturated rings. The van der Waals surface area contributed by atoms with Gasteiger partial charge in [-0.2, -0.15) is 0 Å². The lowest BCUT2D eigenvalue weighted by Gasteiger charge is -2.49. The molecule has 0 unspecified atom stereocenters. The van der Waals surface area contributed by atoms with Crippen molar-refractivity contribution in [2.45, 2.75) is 50.0 Å². The molecular weight excluding hydrogens is 184 g/mol. The summed E-state index contributed by atoms with van der Waals surface area (Å²) in [4.78, 5) is 0. The van der Waals surface area contributed by atoms with E-state index in [1.54, 1.807) is 0 Å². The van der Waals surface area contributed by atoms with Gasteiger partial charge in [-0.15, -0.1) is 0 Å². The van der Waals surface area contributed by atoms with Gasteiger partial charge in [0.15, 0.2) is 0 Å². The molecule has 0 radical (unpaired) electrons. The van der Waals surface area contributed by atoms with E-state index in [2.05, 4.69) is 18.2 Å². The molecule has 1 N–H and O–H groups in total. The molecule has 0 heterocycles. The van der Waals surface area contributed by atoms with Crippen LogP contribution in [-0.4, -0.2) is 5.11 Å². The van der Waals surface area contributed by atoms with Gasteiger partial charge in [0.05, 0.1) is 5.60 Å². The van der Waals surface area contributed by atoms with Crippen molar-refractivity contribution in [1.29, 1.82) is 0 Å². The Morgan fingerprint density at radius 1 is 1.07 bits per heavy atom. The van der Waals surface area contributed by atoms with E-state index in [-0.39, 0.29) is 0 Å². The Balaban J connectivity index is 1.99. The first-order valence-electron chi connectivity index (χ1n) is 6.14. The summed E-state index contributed by atoms with van der Waals surface area (Å²) >= 11 is 0. The zero-order valence-corrected chi connectivity index (χ0v) is 9.08. The largest absolute Gasteiger partial charge is 0.385 e. The van der Waals surface area contributed by atoms with Gasteiger partial charge in [-0.3, -0.25) is 0 Å². The van der Waals surface area contributed by atoms with E-state index >= 15 is 0 Å². The highest BCUT2D eigenvalue weighted by Crippen LogP contribution is 2.55. The predicted molar refractivity (Wildman–Crippen MR) is 60.8 cm³/mol. The van der Waals surface area contributed by atoms with Crippen molar-refractivity contribution < 1.29 is 5.11 Å². The van der Waals surface area contributed by atoms with Crippen LogP contribution < -0.4 is 0 Å². The maximum Gasteiger partial charge on any atom is 0.0967 e. The van der Waals surface area contributed by atoms with Crippen LogP contribution in [0.4, 0.5) is 0 Å². The molecule has 15 heavy (non-hydrogen) atoms. The zero-order chi connectivity index (χ0) is 10.3. The van der Waals surface area contributed by atoms with Gasteiger partial charge >= 0.3 is 0 Å². The lowest BCUT2D eigenvalue weighted by Crippen LogP contribution is -2.44. The second-order valence-corrected chi connectivity index (χ2v) is 5.02. The third-order valence-electron chi connectivity index (χ3n) is 4.18. The first kappa shape index (κ1) is 9.41. The second kappa shape index (κ2) is 3.34. The smallest absolute Gasteiger partial charge is 0.0967 e. The van der Waals surface area contributed by atoms with Gasteiger partial charge < -0.3 is 5.11 Å². The summed E-state index contributed by atoms with van der Waals surface area (Å²) < 4.78 is 0. The molecule has 1 heteroatoms. The quantitative estimate of drug-likeness (QED) is 0.684. The average molecular weight is 202 g/mol. The van der Waals surface area contributed by atoms with E-state index < -0.39 is 5.60 Å². The van der Waals surface area contributed by atoms with E-state index in [1.165, 1.54) is 43.2 Å². The number of fused-ring (bicyclic) bond motifs is 4. The highest BCUT2D eigenvalue weighted by Gasteiger charge is 2.49. The molecular formula is C14H18O. The van der Waals surface area contributed by atoms with Crippen LogP contribution in [-0.2, 0) is 5.60 Å². The van der Waals surface area contributed by atoms with Crippen LogP contribution in [0.25, 0.3) is 0 Å². The maximum absolute atomic E-state index is 10.7. The van der Waals surface area contributed by atoms with Crippen molar-refractivity contribution >= 4 is 0 Å². The first-order chi connectivity index (χ1) is 7.32. The first-order valence-corrected chi connectivity index (χ1v) is 6.14. The number of rotatable bonds is 0. The lowest BCUT2D eigenvalue weighted by molar-refractivity contribution is -0.0382. The highest BCUT2D eigenvalue weighted by molar-refractivity contribution is 5.47. The van der Waals surface area contributed by atoms with Crippen molar-refractivity contribution in [2.24, 2.45) is 0 Å². The average Bonchev–Trinajstić information content (AvgIpc) is 2.25. The van der Waals surface area contributed by atoms with Crippen molar-refractivity contribution in [3.63, 3.8) is 0 Å². The predicted octanol–water partition coefficient (Wildman–Crippen LogP) is 3.33. The molecule has 2 aliphatic rings. The summed E-state index contributed by atoms with van der Waals surface area (Å²) in [7, 11) is 0. The third kappa shape index (κ3) is 1.26. The van der Waals surface area contributed by atoms with E-state index in [4.69, 9.17) is 0 Å². The second-order valence-electron chi connectivity index (χ2n) is 5.02. The third-order valence-corrected chi connectivity index (χ3v) is 4.18. The van der Waals surface area contributed by atoms with Crippen LogP contribution in [0.3, 0.4) is 0 Å². The molecule has 0 spiro atoms. The standard InChI is InChI=1S/C14H18O/c15-14-10-6-2-1-3-8-12(14)11-7-4-5-9-13(11)14/h4-5,7,9,12,15H,1-3,6,8,10H2/t12-,14+/m0/s1. The molecule has 0 aliphatic heterocycles. The Kier molecular flexibility index (Phi) is 2.10. The van der Waals surface area contributed by atoms with Gasteiger partial charge in [0.25, 0.3) is 0 Å². The Hall–Kier alpha value is -0.820. The van der Waals surface area contributed by atoms with E-state index in [0.29, 0.717) is 5.92 Å². The molecule has 3 rings (SSSR count). The molecule has 2 atom stereocenters. The minimum absolute atomic E-state index is 0.425. The molecule has 80 valence electrons. The number of hydrogen-bond donors (Lipinski definition) is 1. The molecule has 0 saturated heterocycles. The molecule has 1 nitrogen and oxygen atoms in total. The van der Waals surface area contributed by atoms with Gasteiger partial charge in [0, 0.05) is 5.92 Å². The van der Waals surface area contributed by atoms with Crippen LogP contribution in [0.15, 0.2) is 24.3 Å². The molecule has 2 aliphatic carbocycles. The zero-order valence-electron chi connectivity index (χ0n) is 9.08. The molecule has 1 aromatic carbocycles. The summed E-state index contributed by atoms with van der Waals surface area (Å²) in [6.45, 7) is 0. The Morgan fingerprint density at radius 2 is 1.87 bits per heavy atom. The highest BCUT2D eigenvalue weighted by atomic mass is 16.3. The topological polar surface area (TPSA) is 20.2 Å². The number of benzene rings is 1. The van der Waals surface area contributed by atoms with Gasteiger partial charge in [0.2, 0.25) is 0 Å². The van der Waals surface area contributed by atoms with E-state index in [0.717, 1.165) is 6.42 Å². The summed E-state index contributed by atoms with van der Waals surface area (Å²) in [5.41, 5.74) is 2.13. The lowest BCUT2D eigenvalue weighted by atomic mass is 9.60. The fourth-order valence-corrected chi connectivity index (χ4v) is 3.36. The van der Waals surface area contributed by atoms with Gasteiger partial charge in [-0.05, 0) is 24.0 Å². The van der Waals surface area contributed by atoms with Crippen molar-refractivity contribution in [1.82, 2.24) is 0 Å². The Bertz CT molecular complexity index is 371. The van der Waals surface area contributed by atoms with Crippen LogP contribution in [0.2, 0.25) is 0 Å². The van der Waals surface area contributed by atoms with Crippen molar-refractivity contribution in [2.75, 3.05) is 0 Å².